The highest BCUT2D eigenvalue weighted by Crippen LogP contribution is 2.38. The van der Waals surface area contributed by atoms with Crippen molar-refractivity contribution >= 4 is 45.5 Å². The van der Waals surface area contributed by atoms with E-state index in [4.69, 9.17) is 9.47 Å². The van der Waals surface area contributed by atoms with Crippen LogP contribution in [0, 0.1) is 13.8 Å². The molecule has 190 valence electrons. The fraction of sp³-hybridized carbons (Fsp3) is 0.207. The Morgan fingerprint density at radius 3 is 2.30 bits per heavy atom. The van der Waals surface area contributed by atoms with Gasteiger partial charge in [0.1, 0.15) is 12.2 Å². The Kier molecular flexibility index (Phi) is 7.78. The number of amides is 4. The molecular formula is C29H27BrN2O5. The van der Waals surface area contributed by atoms with Gasteiger partial charge in [-0.1, -0.05) is 37.3 Å². The van der Waals surface area contributed by atoms with Gasteiger partial charge < -0.3 is 9.47 Å². The fourth-order valence-electron chi connectivity index (χ4n) is 3.95. The van der Waals surface area contributed by atoms with Gasteiger partial charge in [0.05, 0.1) is 17.3 Å². The largest absolute Gasteiger partial charge is 0.493 e. The number of nitrogens with one attached hydrogen (secondary N) is 1. The standard InChI is InChI=1S/C29H27BrN2O5/c1-5-19-8-10-22(11-9-19)32-28(34)23(27(33)31-29(32)35)13-21-14-24(30)26(25(15-21)36-4)37-16-20-7-6-17(2)18(3)12-20/h6-15H,5,16H2,1-4H3,(H,31,33,35)/b23-13+. The van der Waals surface area contributed by atoms with Crippen LogP contribution in [0.2, 0.25) is 0 Å². The van der Waals surface area contributed by atoms with Crippen LogP contribution in [0.3, 0.4) is 0 Å². The number of methoxy groups -OCH3 is 1. The number of imide groups is 2. The van der Waals surface area contributed by atoms with Crippen LogP contribution in [0.4, 0.5) is 10.5 Å². The molecule has 1 N–H and O–H groups in total. The molecule has 37 heavy (non-hydrogen) atoms. The molecule has 8 heteroatoms. The lowest BCUT2D eigenvalue weighted by Crippen LogP contribution is -2.54. The third-order valence-electron chi connectivity index (χ3n) is 6.22. The Morgan fingerprint density at radius 2 is 1.65 bits per heavy atom. The molecule has 1 saturated heterocycles. The van der Waals surface area contributed by atoms with Crippen molar-refractivity contribution in [3.63, 3.8) is 0 Å². The Bertz CT molecular complexity index is 1410. The van der Waals surface area contributed by atoms with Crippen LogP contribution < -0.4 is 19.7 Å². The summed E-state index contributed by atoms with van der Waals surface area (Å²) in [4.78, 5) is 39.3. The first-order valence-corrected chi connectivity index (χ1v) is 12.6. The van der Waals surface area contributed by atoms with Gasteiger partial charge in [0.25, 0.3) is 11.8 Å². The van der Waals surface area contributed by atoms with E-state index in [1.54, 1.807) is 24.3 Å². The van der Waals surface area contributed by atoms with Gasteiger partial charge in [-0.25, -0.2) is 9.69 Å². The number of halogens is 1. The number of aryl methyl sites for hydroxylation is 3. The maximum atomic E-state index is 13.2. The lowest BCUT2D eigenvalue weighted by molar-refractivity contribution is -0.122. The van der Waals surface area contributed by atoms with E-state index in [1.165, 1.54) is 24.3 Å². The fourth-order valence-corrected chi connectivity index (χ4v) is 4.53. The van der Waals surface area contributed by atoms with Gasteiger partial charge in [0, 0.05) is 0 Å². The van der Waals surface area contributed by atoms with Gasteiger partial charge in [0.2, 0.25) is 0 Å². The second kappa shape index (κ2) is 11.0. The molecule has 0 unspecified atom stereocenters. The SMILES string of the molecule is CCc1ccc(N2C(=O)NC(=O)/C(=C\c3cc(Br)c(OCc4ccc(C)c(C)c4)c(OC)c3)C2=O)cc1. The van der Waals surface area contributed by atoms with E-state index in [1.807, 2.05) is 31.2 Å². The number of urea groups is 1. The quantitative estimate of drug-likeness (QED) is 0.287. The van der Waals surface area contributed by atoms with Crippen LogP contribution in [0.5, 0.6) is 11.5 Å². The topological polar surface area (TPSA) is 84.9 Å². The summed E-state index contributed by atoms with van der Waals surface area (Å²) in [5.41, 5.74) is 5.21. The second-order valence-electron chi connectivity index (χ2n) is 8.72. The van der Waals surface area contributed by atoms with E-state index in [2.05, 4.69) is 41.2 Å². The number of ether oxygens (including phenoxy) is 2. The average molecular weight is 563 g/mol. The van der Waals surface area contributed by atoms with Crippen LogP contribution in [0.15, 0.2) is 64.6 Å². The lowest BCUT2D eigenvalue weighted by atomic mass is 10.1. The number of rotatable bonds is 7. The summed E-state index contributed by atoms with van der Waals surface area (Å²) in [5.74, 6) is -0.545. The van der Waals surface area contributed by atoms with Crippen LogP contribution in [-0.2, 0) is 22.6 Å². The molecule has 1 fully saturated rings. The van der Waals surface area contributed by atoms with Crippen molar-refractivity contribution in [2.45, 2.75) is 33.8 Å². The molecule has 0 bridgehead atoms. The zero-order chi connectivity index (χ0) is 26.7. The molecule has 1 heterocycles. The molecule has 0 saturated carbocycles. The molecule has 0 radical (unpaired) electrons. The van der Waals surface area contributed by atoms with Gasteiger partial charge >= 0.3 is 6.03 Å². The maximum absolute atomic E-state index is 13.2. The first-order chi connectivity index (χ1) is 17.7. The van der Waals surface area contributed by atoms with Crippen molar-refractivity contribution in [3.05, 3.63) is 92.5 Å². The summed E-state index contributed by atoms with van der Waals surface area (Å²) in [6, 6.07) is 15.8. The van der Waals surface area contributed by atoms with Gasteiger partial charge in [-0.05, 0) is 94.4 Å². The number of barbiturate groups is 1. The number of carbonyl (C=O) groups is 3. The minimum absolute atomic E-state index is 0.170. The Labute approximate surface area is 224 Å². The third-order valence-corrected chi connectivity index (χ3v) is 6.81. The number of hydrogen-bond donors (Lipinski definition) is 1. The summed E-state index contributed by atoms with van der Waals surface area (Å²) in [6.07, 6.45) is 2.25. The normalized spacial score (nSPS) is 14.7. The number of carbonyl (C=O) groups excluding carboxylic acids is 3. The molecule has 0 spiro atoms. The van der Waals surface area contributed by atoms with E-state index in [9.17, 15) is 14.4 Å². The average Bonchev–Trinajstić information content (AvgIpc) is 2.88. The van der Waals surface area contributed by atoms with Crippen molar-refractivity contribution in [1.82, 2.24) is 5.32 Å². The van der Waals surface area contributed by atoms with Crippen LogP contribution >= 0.6 is 15.9 Å². The van der Waals surface area contributed by atoms with Crippen LogP contribution in [0.25, 0.3) is 6.08 Å². The zero-order valence-corrected chi connectivity index (χ0v) is 22.6. The van der Waals surface area contributed by atoms with E-state index < -0.39 is 17.8 Å². The Balaban J connectivity index is 1.62. The predicted molar refractivity (Wildman–Crippen MR) is 146 cm³/mol. The summed E-state index contributed by atoms with van der Waals surface area (Å²) in [7, 11) is 1.51. The summed E-state index contributed by atoms with van der Waals surface area (Å²) < 4.78 is 12.2. The molecule has 1 aliphatic heterocycles. The minimum atomic E-state index is -0.787. The molecule has 1 aliphatic rings. The van der Waals surface area contributed by atoms with Gasteiger partial charge in [-0.3, -0.25) is 14.9 Å². The molecule has 4 rings (SSSR count). The summed E-state index contributed by atoms with van der Waals surface area (Å²) >= 11 is 3.52. The number of hydrogen-bond acceptors (Lipinski definition) is 5. The Hall–Kier alpha value is -3.91. The Morgan fingerprint density at radius 1 is 0.946 bits per heavy atom. The minimum Gasteiger partial charge on any atom is -0.493 e. The van der Waals surface area contributed by atoms with Crippen molar-refractivity contribution in [2.75, 3.05) is 12.0 Å². The highest BCUT2D eigenvalue weighted by molar-refractivity contribution is 9.10. The molecule has 7 nitrogen and oxygen atoms in total. The number of benzene rings is 3. The van der Waals surface area contributed by atoms with Crippen molar-refractivity contribution in [3.8, 4) is 11.5 Å². The second-order valence-corrected chi connectivity index (χ2v) is 9.57. The van der Waals surface area contributed by atoms with Gasteiger partial charge in [0.15, 0.2) is 11.5 Å². The van der Waals surface area contributed by atoms with Crippen LogP contribution in [-0.4, -0.2) is 25.0 Å². The lowest BCUT2D eigenvalue weighted by Gasteiger charge is -2.26. The maximum Gasteiger partial charge on any atom is 0.335 e. The molecule has 0 aliphatic carbocycles. The molecule has 4 amide bonds. The first kappa shape index (κ1) is 26.2. The van der Waals surface area contributed by atoms with Gasteiger partial charge in [-0.15, -0.1) is 0 Å². The number of anilines is 1. The zero-order valence-electron chi connectivity index (χ0n) is 21.1. The molecule has 0 aromatic heterocycles. The van der Waals surface area contributed by atoms with Crippen molar-refractivity contribution < 1.29 is 23.9 Å². The molecule has 3 aromatic carbocycles. The predicted octanol–water partition coefficient (Wildman–Crippen LogP) is 5.88. The van der Waals surface area contributed by atoms with Crippen molar-refractivity contribution in [2.24, 2.45) is 0 Å². The summed E-state index contributed by atoms with van der Waals surface area (Å²) in [5, 5.41) is 2.25. The summed E-state index contributed by atoms with van der Waals surface area (Å²) in [6.45, 7) is 6.46. The monoisotopic (exact) mass is 562 g/mol. The highest BCUT2D eigenvalue weighted by Gasteiger charge is 2.36. The first-order valence-electron chi connectivity index (χ1n) is 11.8. The van der Waals surface area contributed by atoms with Crippen molar-refractivity contribution in [1.29, 1.82) is 0 Å². The third kappa shape index (κ3) is 5.59. The van der Waals surface area contributed by atoms with E-state index >= 15 is 0 Å². The smallest absolute Gasteiger partial charge is 0.335 e. The van der Waals surface area contributed by atoms with E-state index in [0.717, 1.165) is 22.4 Å². The molecular weight excluding hydrogens is 536 g/mol. The number of nitrogens with zero attached hydrogens (tertiary/aromatic N) is 1. The molecule has 0 atom stereocenters. The highest BCUT2D eigenvalue weighted by atomic mass is 79.9. The van der Waals surface area contributed by atoms with Gasteiger partial charge in [-0.2, -0.15) is 0 Å². The molecule has 3 aromatic rings. The van der Waals surface area contributed by atoms with E-state index in [-0.39, 0.29) is 5.57 Å². The van der Waals surface area contributed by atoms with E-state index in [0.29, 0.717) is 33.8 Å². The van der Waals surface area contributed by atoms with Crippen LogP contribution in [0.1, 0.15) is 34.7 Å².